The molecule has 1 aromatic rings. The first kappa shape index (κ1) is 19.0. The molecule has 0 heterocycles. The number of unbranched alkanes of at least 4 members (excludes halogenated alkanes) is 6. The Hall–Kier alpha value is -1.07. The number of nitrogens with one attached hydrogen (secondary N) is 1. The third-order valence-electron chi connectivity index (χ3n) is 3.23. The quantitative estimate of drug-likeness (QED) is 0.385. The van der Waals surface area contributed by atoms with Gasteiger partial charge in [-0.05, 0) is 30.8 Å². The highest BCUT2D eigenvalue weighted by molar-refractivity contribution is 8.21. The molecule has 1 rings (SSSR count). The van der Waals surface area contributed by atoms with Gasteiger partial charge in [-0.25, -0.2) is 0 Å². The molecule has 0 saturated carbocycles. The average Bonchev–Trinajstić information content (AvgIpc) is 2.56. The van der Waals surface area contributed by atoms with Crippen LogP contribution >= 0.6 is 24.2 Å². The maximum Gasteiger partial charge on any atom is 0.261 e. The van der Waals surface area contributed by atoms with Crippen molar-refractivity contribution in [2.75, 3.05) is 6.61 Å². The van der Waals surface area contributed by atoms with Crippen molar-refractivity contribution in [1.29, 1.82) is 0 Å². The molecule has 0 fully saturated rings. The fourth-order valence-corrected chi connectivity index (χ4v) is 2.63. The number of benzene rings is 1. The first-order valence-corrected chi connectivity index (χ1v) is 9.15. The van der Waals surface area contributed by atoms with Crippen LogP contribution in [0.4, 0.5) is 0 Å². The molecule has 0 aromatic heterocycles. The summed E-state index contributed by atoms with van der Waals surface area (Å²) in [5.41, 5.74) is 0.616. The summed E-state index contributed by atoms with van der Waals surface area (Å²) in [5.74, 6) is -0.160. The van der Waals surface area contributed by atoms with Gasteiger partial charge in [-0.2, -0.15) is 0 Å². The molecule has 5 heteroatoms. The lowest BCUT2D eigenvalue weighted by Gasteiger charge is -2.07. The summed E-state index contributed by atoms with van der Waals surface area (Å²) >= 11 is 6.15. The van der Waals surface area contributed by atoms with Gasteiger partial charge in [-0.1, -0.05) is 63.6 Å². The highest BCUT2D eigenvalue weighted by Crippen LogP contribution is 2.09. The van der Waals surface area contributed by atoms with Crippen molar-refractivity contribution in [2.24, 2.45) is 0 Å². The summed E-state index contributed by atoms with van der Waals surface area (Å²) in [7, 11) is 0. The Morgan fingerprint density at radius 3 is 2.41 bits per heavy atom. The second-order valence-electron chi connectivity index (χ2n) is 5.12. The van der Waals surface area contributed by atoms with Crippen LogP contribution in [0.15, 0.2) is 30.3 Å². The summed E-state index contributed by atoms with van der Waals surface area (Å²) in [4.78, 5) is 11.8. The summed E-state index contributed by atoms with van der Waals surface area (Å²) < 4.78 is 8.49. The Balaban J connectivity index is 2.01. The molecule has 0 aliphatic rings. The summed E-state index contributed by atoms with van der Waals surface area (Å²) in [6, 6.07) is 9.06. The van der Waals surface area contributed by atoms with E-state index >= 15 is 0 Å². The zero-order valence-electron chi connectivity index (χ0n) is 13.2. The van der Waals surface area contributed by atoms with E-state index in [0.29, 0.717) is 16.6 Å². The van der Waals surface area contributed by atoms with Crippen molar-refractivity contribution in [3.8, 4) is 0 Å². The number of amides is 1. The minimum absolute atomic E-state index is 0.160. The van der Waals surface area contributed by atoms with E-state index < -0.39 is 0 Å². The van der Waals surface area contributed by atoms with Crippen LogP contribution in [0.1, 0.15) is 62.2 Å². The SMILES string of the molecule is CCCCCCCCCOC(=S)SNC(=O)c1ccccc1. The highest BCUT2D eigenvalue weighted by Gasteiger charge is 2.06. The molecule has 0 bridgehead atoms. The van der Waals surface area contributed by atoms with Crippen LogP contribution in [0.5, 0.6) is 0 Å². The molecule has 0 saturated heterocycles. The second-order valence-corrected chi connectivity index (χ2v) is 6.53. The number of ether oxygens (including phenoxy) is 1. The molecule has 1 N–H and O–H groups in total. The van der Waals surface area contributed by atoms with E-state index in [4.69, 9.17) is 17.0 Å². The van der Waals surface area contributed by atoms with Gasteiger partial charge in [0.25, 0.3) is 5.91 Å². The van der Waals surface area contributed by atoms with Crippen LogP contribution in [0, 0.1) is 0 Å². The van der Waals surface area contributed by atoms with Crippen molar-refractivity contribution in [2.45, 2.75) is 51.9 Å². The maximum atomic E-state index is 11.8. The molecular formula is C17H25NO2S2. The van der Waals surface area contributed by atoms with Crippen LogP contribution in [0.3, 0.4) is 0 Å². The Kier molecular flexibility index (Phi) is 10.8. The molecule has 1 aromatic carbocycles. The number of carbonyl (C=O) groups excluding carboxylic acids is 1. The Morgan fingerprint density at radius 2 is 1.73 bits per heavy atom. The van der Waals surface area contributed by atoms with Crippen molar-refractivity contribution >= 4 is 34.5 Å². The molecule has 22 heavy (non-hydrogen) atoms. The summed E-state index contributed by atoms with van der Waals surface area (Å²) in [5, 5.41) is 0. The van der Waals surface area contributed by atoms with Gasteiger partial charge in [-0.15, -0.1) is 0 Å². The molecular weight excluding hydrogens is 314 g/mol. The van der Waals surface area contributed by atoms with Crippen molar-refractivity contribution in [3.63, 3.8) is 0 Å². The number of rotatable bonds is 9. The van der Waals surface area contributed by atoms with Gasteiger partial charge in [0.2, 0.25) is 4.38 Å². The van der Waals surface area contributed by atoms with E-state index in [1.54, 1.807) is 12.1 Å². The predicted molar refractivity (Wildman–Crippen MR) is 98.0 cm³/mol. The third kappa shape index (κ3) is 9.05. The number of hydrogen-bond acceptors (Lipinski definition) is 4. The largest absolute Gasteiger partial charge is 0.477 e. The van der Waals surface area contributed by atoms with Gasteiger partial charge in [0.05, 0.1) is 6.61 Å². The van der Waals surface area contributed by atoms with Crippen molar-refractivity contribution in [1.82, 2.24) is 4.72 Å². The third-order valence-corrected chi connectivity index (χ3v) is 4.17. The Labute approximate surface area is 143 Å². The molecule has 0 radical (unpaired) electrons. The first-order valence-electron chi connectivity index (χ1n) is 7.93. The van der Waals surface area contributed by atoms with Gasteiger partial charge in [-0.3, -0.25) is 9.52 Å². The molecule has 0 aliphatic carbocycles. The van der Waals surface area contributed by atoms with E-state index in [1.165, 1.54) is 38.5 Å². The zero-order chi connectivity index (χ0) is 16.0. The number of carbonyl (C=O) groups is 1. The van der Waals surface area contributed by atoms with Crippen LogP contribution in [0.2, 0.25) is 0 Å². The maximum absolute atomic E-state index is 11.8. The summed E-state index contributed by atoms with van der Waals surface area (Å²) in [6.07, 6.45) is 8.69. The monoisotopic (exact) mass is 339 g/mol. The van der Waals surface area contributed by atoms with Gasteiger partial charge in [0.15, 0.2) is 0 Å². The van der Waals surface area contributed by atoms with E-state index in [9.17, 15) is 4.79 Å². The lowest BCUT2D eigenvalue weighted by molar-refractivity contribution is 0.0984. The lowest BCUT2D eigenvalue weighted by atomic mass is 10.1. The number of thiocarbonyl (C=S) groups is 1. The molecule has 1 amide bonds. The lowest BCUT2D eigenvalue weighted by Crippen LogP contribution is -2.18. The molecule has 0 unspecified atom stereocenters. The summed E-state index contributed by atoms with van der Waals surface area (Å²) in [6.45, 7) is 2.85. The van der Waals surface area contributed by atoms with Crippen LogP contribution in [-0.4, -0.2) is 16.9 Å². The minimum Gasteiger partial charge on any atom is -0.477 e. The smallest absolute Gasteiger partial charge is 0.261 e. The van der Waals surface area contributed by atoms with Crippen LogP contribution in [-0.2, 0) is 4.74 Å². The second kappa shape index (κ2) is 12.5. The fraction of sp³-hybridized carbons (Fsp3) is 0.529. The van der Waals surface area contributed by atoms with Gasteiger partial charge < -0.3 is 4.74 Å². The van der Waals surface area contributed by atoms with Gasteiger partial charge >= 0.3 is 0 Å². The van der Waals surface area contributed by atoms with Gasteiger partial charge in [0, 0.05) is 17.5 Å². The fourth-order valence-electron chi connectivity index (χ4n) is 1.98. The molecule has 122 valence electrons. The molecule has 0 spiro atoms. The zero-order valence-corrected chi connectivity index (χ0v) is 14.8. The topological polar surface area (TPSA) is 38.3 Å². The molecule has 0 aliphatic heterocycles. The van der Waals surface area contributed by atoms with Gasteiger partial charge in [0.1, 0.15) is 0 Å². The average molecular weight is 340 g/mol. The van der Waals surface area contributed by atoms with E-state index in [-0.39, 0.29) is 5.91 Å². The minimum atomic E-state index is -0.160. The van der Waals surface area contributed by atoms with E-state index in [1.807, 2.05) is 18.2 Å². The normalized spacial score (nSPS) is 10.2. The van der Waals surface area contributed by atoms with E-state index in [2.05, 4.69) is 11.6 Å². The van der Waals surface area contributed by atoms with Crippen LogP contribution < -0.4 is 4.72 Å². The first-order chi connectivity index (χ1) is 10.7. The van der Waals surface area contributed by atoms with Crippen LogP contribution in [0.25, 0.3) is 0 Å². The van der Waals surface area contributed by atoms with E-state index in [0.717, 1.165) is 18.4 Å². The molecule has 3 nitrogen and oxygen atoms in total. The van der Waals surface area contributed by atoms with Crippen molar-refractivity contribution in [3.05, 3.63) is 35.9 Å². The predicted octanol–water partition coefficient (Wildman–Crippen LogP) is 5.12. The standard InChI is InChI=1S/C17H25NO2S2/c1-2-3-4-5-6-7-11-14-20-17(21)22-18-16(19)15-12-9-8-10-13-15/h8-10,12-13H,2-7,11,14H2,1H3,(H,18,19). The Morgan fingerprint density at radius 1 is 1.09 bits per heavy atom. The van der Waals surface area contributed by atoms with Crippen molar-refractivity contribution < 1.29 is 9.53 Å². The highest BCUT2D eigenvalue weighted by atomic mass is 32.2. The molecule has 0 atom stereocenters. The number of hydrogen-bond donors (Lipinski definition) is 1. The Bertz CT molecular complexity index is 438.